The van der Waals surface area contributed by atoms with Gasteiger partial charge in [-0.2, -0.15) is 18.3 Å². The molecule has 0 saturated heterocycles. The second kappa shape index (κ2) is 6.76. The zero-order chi connectivity index (χ0) is 19.1. The summed E-state index contributed by atoms with van der Waals surface area (Å²) in [5.41, 5.74) is -1.76. The van der Waals surface area contributed by atoms with Crippen LogP contribution in [0.1, 0.15) is 21.8 Å². The van der Waals surface area contributed by atoms with Gasteiger partial charge in [0.2, 0.25) is 0 Å². The van der Waals surface area contributed by atoms with Crippen molar-refractivity contribution in [1.82, 2.24) is 14.9 Å². The van der Waals surface area contributed by atoms with Crippen LogP contribution in [-0.4, -0.2) is 20.8 Å². The van der Waals surface area contributed by atoms with Gasteiger partial charge < -0.3 is 9.84 Å². The van der Waals surface area contributed by atoms with Crippen molar-refractivity contribution in [1.29, 1.82) is 0 Å². The number of nitrogens with one attached hydrogen (secondary N) is 1. The second-order valence-electron chi connectivity index (χ2n) is 5.15. The third kappa shape index (κ3) is 3.47. The Labute approximate surface area is 158 Å². The van der Waals surface area contributed by atoms with Crippen LogP contribution in [0.25, 0.3) is 5.69 Å². The number of aryl methyl sites for hydroxylation is 1. The van der Waals surface area contributed by atoms with Gasteiger partial charge in [-0.3, -0.25) is 4.79 Å². The van der Waals surface area contributed by atoms with Crippen molar-refractivity contribution in [2.75, 3.05) is 5.32 Å². The molecule has 0 unspecified atom stereocenters. The van der Waals surface area contributed by atoms with Gasteiger partial charge in [-0.1, -0.05) is 16.8 Å². The van der Waals surface area contributed by atoms with E-state index < -0.39 is 23.3 Å². The molecule has 0 aliphatic rings. The van der Waals surface area contributed by atoms with Crippen molar-refractivity contribution in [3.8, 4) is 5.69 Å². The third-order valence-corrected chi connectivity index (χ3v) is 4.56. The fourth-order valence-corrected chi connectivity index (χ4v) is 2.55. The molecule has 0 bridgehead atoms. The Morgan fingerprint density at radius 1 is 1.31 bits per heavy atom. The monoisotopic (exact) mass is 448 g/mol. The maximum Gasteiger partial charge on any atom is 0.434 e. The lowest BCUT2D eigenvalue weighted by Crippen LogP contribution is -2.21. The van der Waals surface area contributed by atoms with Gasteiger partial charge >= 0.3 is 6.18 Å². The summed E-state index contributed by atoms with van der Waals surface area (Å²) in [4.78, 5) is 12.4. The Morgan fingerprint density at radius 3 is 2.50 bits per heavy atom. The van der Waals surface area contributed by atoms with E-state index in [0.717, 1.165) is 6.20 Å². The smallest absolute Gasteiger partial charge is 0.358 e. The zero-order valence-electron chi connectivity index (χ0n) is 12.9. The van der Waals surface area contributed by atoms with E-state index in [9.17, 15) is 18.0 Å². The van der Waals surface area contributed by atoms with Gasteiger partial charge in [0.05, 0.1) is 17.4 Å². The first-order chi connectivity index (χ1) is 12.2. The molecule has 0 radical (unpaired) electrons. The van der Waals surface area contributed by atoms with E-state index in [-0.39, 0.29) is 11.5 Å². The van der Waals surface area contributed by atoms with E-state index in [1.54, 1.807) is 6.92 Å². The Bertz CT molecular complexity index is 966. The maximum atomic E-state index is 13.6. The minimum atomic E-state index is -4.82. The number of anilines is 1. The average molecular weight is 450 g/mol. The largest absolute Gasteiger partial charge is 0.434 e. The number of carbonyl (C=O) groups is 1. The highest BCUT2D eigenvalue weighted by Crippen LogP contribution is 2.34. The highest BCUT2D eigenvalue weighted by Gasteiger charge is 2.40. The summed E-state index contributed by atoms with van der Waals surface area (Å²) in [5.74, 6) is -0.681. The van der Waals surface area contributed by atoms with E-state index in [2.05, 4.69) is 31.5 Å². The van der Waals surface area contributed by atoms with Crippen molar-refractivity contribution < 1.29 is 22.5 Å². The number of nitrogens with zero attached hydrogens (tertiary/aromatic N) is 3. The lowest BCUT2D eigenvalue weighted by Gasteiger charge is -2.12. The minimum absolute atomic E-state index is 0.0279. The number of hydrogen-bond donors (Lipinski definition) is 1. The molecule has 2 aromatic heterocycles. The summed E-state index contributed by atoms with van der Waals surface area (Å²) in [6, 6.07) is 5.58. The standard InChI is InChI=1S/C15H9BrClF3N4O2/c1-7-11(16)13(23-26-7)22-14(25)10-6-21-24(12(10)15(18,19)20)9-4-2-8(17)3-5-9/h2-6H,1H3,(H,22,23,25). The summed E-state index contributed by atoms with van der Waals surface area (Å²) in [6.45, 7) is 1.58. The Morgan fingerprint density at radius 2 is 1.96 bits per heavy atom. The molecule has 0 fully saturated rings. The van der Waals surface area contributed by atoms with Crippen molar-refractivity contribution in [3.63, 3.8) is 0 Å². The molecule has 0 saturated carbocycles. The van der Waals surface area contributed by atoms with Crippen molar-refractivity contribution in [3.05, 3.63) is 57.0 Å². The van der Waals surface area contributed by atoms with Crippen LogP contribution in [-0.2, 0) is 6.18 Å². The molecule has 1 N–H and O–H groups in total. The second-order valence-corrected chi connectivity index (χ2v) is 6.38. The van der Waals surface area contributed by atoms with Crippen molar-refractivity contribution >= 4 is 39.3 Å². The molecule has 0 atom stereocenters. The number of carbonyl (C=O) groups excluding carboxylic acids is 1. The van der Waals surface area contributed by atoms with Crippen LogP contribution in [0.15, 0.2) is 39.5 Å². The predicted molar refractivity (Wildman–Crippen MR) is 90.5 cm³/mol. The molecule has 11 heteroatoms. The van der Waals surface area contributed by atoms with Gasteiger partial charge in [0.1, 0.15) is 10.2 Å². The normalized spacial score (nSPS) is 11.6. The van der Waals surface area contributed by atoms with Crippen LogP contribution in [0.5, 0.6) is 0 Å². The summed E-state index contributed by atoms with van der Waals surface area (Å²) in [5, 5.41) is 9.91. The number of hydrogen-bond acceptors (Lipinski definition) is 4. The third-order valence-electron chi connectivity index (χ3n) is 3.38. The molecular formula is C15H9BrClF3N4O2. The molecule has 6 nitrogen and oxygen atoms in total. The van der Waals surface area contributed by atoms with Crippen LogP contribution in [0.4, 0.5) is 19.0 Å². The van der Waals surface area contributed by atoms with Gasteiger partial charge in [-0.15, -0.1) is 0 Å². The van der Waals surface area contributed by atoms with Gasteiger partial charge in [-0.05, 0) is 47.1 Å². The van der Waals surface area contributed by atoms with E-state index in [1.807, 2.05) is 0 Å². The summed E-state index contributed by atoms with van der Waals surface area (Å²) in [6.07, 6.45) is -3.98. The first-order valence-corrected chi connectivity index (χ1v) is 8.20. The van der Waals surface area contributed by atoms with E-state index in [1.165, 1.54) is 24.3 Å². The molecule has 136 valence electrons. The van der Waals surface area contributed by atoms with Crippen LogP contribution in [0.3, 0.4) is 0 Å². The van der Waals surface area contributed by atoms with Crippen LogP contribution >= 0.6 is 27.5 Å². The van der Waals surface area contributed by atoms with Crippen LogP contribution in [0.2, 0.25) is 5.02 Å². The highest BCUT2D eigenvalue weighted by molar-refractivity contribution is 9.10. The Kier molecular flexibility index (Phi) is 4.80. The fourth-order valence-electron chi connectivity index (χ4n) is 2.18. The van der Waals surface area contributed by atoms with Gasteiger partial charge in [0, 0.05) is 5.02 Å². The molecule has 0 spiro atoms. The highest BCUT2D eigenvalue weighted by atomic mass is 79.9. The molecule has 26 heavy (non-hydrogen) atoms. The summed E-state index contributed by atoms with van der Waals surface area (Å²) < 4.78 is 46.6. The minimum Gasteiger partial charge on any atom is -0.358 e. The molecule has 0 aliphatic carbocycles. The van der Waals surface area contributed by atoms with Gasteiger partial charge in [0.25, 0.3) is 5.91 Å². The van der Waals surface area contributed by atoms with Crippen LogP contribution in [0, 0.1) is 6.92 Å². The molecule has 3 aromatic rings. The average Bonchev–Trinajstić information content (AvgIpc) is 3.15. The molecule has 1 aromatic carbocycles. The van der Waals surface area contributed by atoms with Crippen molar-refractivity contribution in [2.24, 2.45) is 0 Å². The van der Waals surface area contributed by atoms with E-state index in [0.29, 0.717) is 19.9 Å². The molecule has 3 rings (SSSR count). The summed E-state index contributed by atoms with van der Waals surface area (Å²) in [7, 11) is 0. The molecule has 0 aliphatic heterocycles. The first kappa shape index (κ1) is 18.5. The number of amides is 1. The Hall–Kier alpha value is -2.33. The van der Waals surface area contributed by atoms with E-state index >= 15 is 0 Å². The number of rotatable bonds is 3. The van der Waals surface area contributed by atoms with Crippen LogP contribution < -0.4 is 5.32 Å². The number of halogens is 5. The maximum absolute atomic E-state index is 13.6. The predicted octanol–water partition coefficient (Wildman–Crippen LogP) is 4.86. The van der Waals surface area contributed by atoms with E-state index in [4.69, 9.17) is 16.1 Å². The quantitative estimate of drug-likeness (QED) is 0.620. The number of aromatic nitrogens is 3. The topological polar surface area (TPSA) is 73.0 Å². The lowest BCUT2D eigenvalue weighted by atomic mass is 10.2. The van der Waals surface area contributed by atoms with Gasteiger partial charge in [-0.25, -0.2) is 4.68 Å². The Balaban J connectivity index is 2.03. The molecular weight excluding hydrogens is 441 g/mol. The zero-order valence-corrected chi connectivity index (χ0v) is 15.3. The fraction of sp³-hybridized carbons (Fsp3) is 0.133. The molecule has 1 amide bonds. The lowest BCUT2D eigenvalue weighted by molar-refractivity contribution is -0.143. The number of benzene rings is 1. The summed E-state index contributed by atoms with van der Waals surface area (Å²) >= 11 is 8.89. The number of alkyl halides is 3. The first-order valence-electron chi connectivity index (χ1n) is 7.02. The molecule has 2 heterocycles. The van der Waals surface area contributed by atoms with Gasteiger partial charge in [0.15, 0.2) is 11.5 Å². The van der Waals surface area contributed by atoms with Crippen molar-refractivity contribution in [2.45, 2.75) is 13.1 Å². The SMILES string of the molecule is Cc1onc(NC(=O)c2cnn(-c3ccc(Cl)cc3)c2C(F)(F)F)c1Br.